The molecule has 0 saturated carbocycles. The molecule has 1 aliphatic rings. The highest BCUT2D eigenvalue weighted by Gasteiger charge is 2.20. The second-order valence-electron chi connectivity index (χ2n) is 5.42. The van der Waals surface area contributed by atoms with Crippen molar-refractivity contribution < 1.29 is 13.6 Å². The normalized spacial score (nSPS) is 17.4. The van der Waals surface area contributed by atoms with Crippen LogP contribution in [0.15, 0.2) is 29.4 Å². The van der Waals surface area contributed by atoms with Crippen molar-refractivity contribution in [3.63, 3.8) is 0 Å². The van der Waals surface area contributed by atoms with Crippen LogP contribution in [0.1, 0.15) is 40.8 Å². The van der Waals surface area contributed by atoms with Gasteiger partial charge >= 0.3 is 0 Å². The summed E-state index contributed by atoms with van der Waals surface area (Å²) in [4.78, 5) is 21.0. The number of alkyl halides is 2. The number of hydrogen-bond acceptors (Lipinski definition) is 6. The van der Waals surface area contributed by atoms with E-state index in [1.807, 2.05) is 0 Å². The van der Waals surface area contributed by atoms with E-state index >= 15 is 0 Å². The molecule has 3 rings (SSSR count). The Morgan fingerprint density at radius 3 is 2.96 bits per heavy atom. The number of halogens is 2. The summed E-state index contributed by atoms with van der Waals surface area (Å²) in [6, 6.07) is 4.25. The molecule has 0 unspecified atom stereocenters. The van der Waals surface area contributed by atoms with Crippen molar-refractivity contribution in [2.45, 2.75) is 18.9 Å². The number of aromatic nitrogens is 3. The Kier molecular flexibility index (Phi) is 4.98. The van der Waals surface area contributed by atoms with Crippen LogP contribution in [0.3, 0.4) is 0 Å². The Labute approximate surface area is 146 Å². The quantitative estimate of drug-likeness (QED) is 0.866. The molecule has 0 aromatic carbocycles. The van der Waals surface area contributed by atoms with Crippen LogP contribution in [0.2, 0.25) is 0 Å². The van der Waals surface area contributed by atoms with E-state index in [1.165, 1.54) is 18.8 Å². The Bertz CT molecular complexity index is 822. The van der Waals surface area contributed by atoms with Crippen LogP contribution < -0.4 is 11.1 Å². The van der Waals surface area contributed by atoms with E-state index < -0.39 is 18.0 Å². The number of nitrogens with zero attached hydrogens (tertiary/aromatic N) is 4. The van der Waals surface area contributed by atoms with Crippen LogP contribution >= 0.6 is 11.8 Å². The van der Waals surface area contributed by atoms with Gasteiger partial charge in [0, 0.05) is 24.7 Å². The number of aliphatic imine (C=N–C) groups is 1. The largest absolute Gasteiger partial charge is 0.379 e. The first-order chi connectivity index (χ1) is 11.9. The van der Waals surface area contributed by atoms with E-state index in [1.54, 1.807) is 18.3 Å². The van der Waals surface area contributed by atoms with Gasteiger partial charge in [-0.25, -0.2) is 8.78 Å². The lowest BCUT2D eigenvalue weighted by molar-refractivity contribution is 0.101. The van der Waals surface area contributed by atoms with Gasteiger partial charge in [0.05, 0.1) is 11.7 Å². The fraction of sp³-hybridized carbons (Fsp3) is 0.333. The number of nitrogens with two attached hydrogens (primary N) is 1. The summed E-state index contributed by atoms with van der Waals surface area (Å²) >= 11 is 1.49. The highest BCUT2D eigenvalue weighted by molar-refractivity contribution is 8.13. The van der Waals surface area contributed by atoms with Gasteiger partial charge in [-0.15, -0.1) is 0 Å². The standard InChI is InChI=1S/C15H16F2N6OS/c1-23-12(7-11(22-23)13(16)17)14(24)20-8-2-4-19-10(6-8)9-3-5-25-15(18)21-9/h2,4,6-7,9,13H,3,5H2,1H3,(H2,18,21)(H,19,20,24)/t9-/m0/s1. The highest BCUT2D eigenvalue weighted by Crippen LogP contribution is 2.28. The first-order valence-corrected chi connectivity index (χ1v) is 8.48. The molecule has 1 atom stereocenters. The number of pyridine rings is 1. The summed E-state index contributed by atoms with van der Waals surface area (Å²) in [5, 5.41) is 6.82. The molecule has 0 radical (unpaired) electrons. The van der Waals surface area contributed by atoms with Crippen LogP contribution in [-0.4, -0.2) is 31.6 Å². The van der Waals surface area contributed by atoms with Crippen molar-refractivity contribution >= 4 is 28.5 Å². The fourth-order valence-corrected chi connectivity index (χ4v) is 3.21. The summed E-state index contributed by atoms with van der Waals surface area (Å²) < 4.78 is 26.5. The van der Waals surface area contributed by atoms with Crippen LogP contribution in [0, 0.1) is 0 Å². The molecule has 2 aromatic rings. The molecule has 2 aromatic heterocycles. The SMILES string of the molecule is Cn1nc(C(F)F)cc1C(=O)Nc1ccnc([C@@H]2CCSC(N)=N2)c1. The zero-order valence-corrected chi connectivity index (χ0v) is 14.1. The second kappa shape index (κ2) is 7.18. The van der Waals surface area contributed by atoms with Gasteiger partial charge in [0.2, 0.25) is 0 Å². The van der Waals surface area contributed by atoms with Gasteiger partial charge in [-0.2, -0.15) is 5.10 Å². The van der Waals surface area contributed by atoms with Crippen LogP contribution in [0.5, 0.6) is 0 Å². The summed E-state index contributed by atoms with van der Waals surface area (Å²) in [6.45, 7) is 0. The Balaban J connectivity index is 1.78. The maximum absolute atomic E-state index is 12.7. The predicted molar refractivity (Wildman–Crippen MR) is 91.8 cm³/mol. The lowest BCUT2D eigenvalue weighted by Gasteiger charge is -2.18. The molecule has 3 N–H and O–H groups in total. The van der Waals surface area contributed by atoms with Crippen LogP contribution in [-0.2, 0) is 7.05 Å². The maximum atomic E-state index is 12.7. The van der Waals surface area contributed by atoms with Crippen molar-refractivity contribution in [2.75, 3.05) is 11.1 Å². The van der Waals surface area contributed by atoms with Crippen molar-refractivity contribution in [1.82, 2.24) is 14.8 Å². The molecule has 1 amide bonds. The molecule has 25 heavy (non-hydrogen) atoms. The molecule has 7 nitrogen and oxygen atoms in total. The number of rotatable bonds is 4. The summed E-state index contributed by atoms with van der Waals surface area (Å²) in [5.41, 5.74) is 6.55. The molecule has 0 bridgehead atoms. The van der Waals surface area contributed by atoms with Crippen LogP contribution in [0.4, 0.5) is 14.5 Å². The number of aryl methyl sites for hydroxylation is 1. The van der Waals surface area contributed by atoms with E-state index in [0.29, 0.717) is 16.5 Å². The van der Waals surface area contributed by atoms with Crippen molar-refractivity contribution in [2.24, 2.45) is 17.8 Å². The molecule has 0 fully saturated rings. The third kappa shape index (κ3) is 3.95. The Hall–Kier alpha value is -2.49. The average Bonchev–Trinajstić information content (AvgIpc) is 2.97. The molecular formula is C15H16F2N6OS. The molecule has 0 aliphatic carbocycles. The summed E-state index contributed by atoms with van der Waals surface area (Å²) in [7, 11) is 1.44. The lowest BCUT2D eigenvalue weighted by Crippen LogP contribution is -2.18. The highest BCUT2D eigenvalue weighted by atomic mass is 32.2. The van der Waals surface area contributed by atoms with Gasteiger partial charge in [0.15, 0.2) is 5.17 Å². The van der Waals surface area contributed by atoms with E-state index in [4.69, 9.17) is 5.73 Å². The Morgan fingerprint density at radius 1 is 1.48 bits per heavy atom. The predicted octanol–water partition coefficient (Wildman–Crippen LogP) is 2.50. The van der Waals surface area contributed by atoms with Gasteiger partial charge in [0.25, 0.3) is 12.3 Å². The smallest absolute Gasteiger partial charge is 0.282 e. The third-order valence-electron chi connectivity index (χ3n) is 3.66. The van der Waals surface area contributed by atoms with Gasteiger partial charge in [-0.3, -0.25) is 19.5 Å². The van der Waals surface area contributed by atoms with E-state index in [-0.39, 0.29) is 11.7 Å². The number of carbonyl (C=O) groups is 1. The fourth-order valence-electron chi connectivity index (χ4n) is 2.46. The number of nitrogens with one attached hydrogen (secondary N) is 1. The zero-order chi connectivity index (χ0) is 18.0. The number of amidine groups is 1. The van der Waals surface area contributed by atoms with Gasteiger partial charge in [-0.1, -0.05) is 11.8 Å². The Morgan fingerprint density at radius 2 is 2.28 bits per heavy atom. The molecule has 0 spiro atoms. The minimum Gasteiger partial charge on any atom is -0.379 e. The number of amides is 1. The number of carbonyl (C=O) groups excluding carboxylic acids is 1. The number of hydrogen-bond donors (Lipinski definition) is 2. The molecule has 132 valence electrons. The van der Waals surface area contributed by atoms with Gasteiger partial charge < -0.3 is 11.1 Å². The molecule has 1 aliphatic heterocycles. The summed E-state index contributed by atoms with van der Waals surface area (Å²) in [6.07, 6.45) is -0.366. The molecule has 10 heteroatoms. The average molecular weight is 366 g/mol. The van der Waals surface area contributed by atoms with Crippen LogP contribution in [0.25, 0.3) is 0 Å². The third-order valence-corrected chi connectivity index (χ3v) is 4.50. The first-order valence-electron chi connectivity index (χ1n) is 7.49. The van der Waals surface area contributed by atoms with Crippen molar-refractivity contribution in [1.29, 1.82) is 0 Å². The van der Waals surface area contributed by atoms with Gasteiger partial charge in [0.1, 0.15) is 11.4 Å². The molecule has 0 saturated heterocycles. The number of anilines is 1. The van der Waals surface area contributed by atoms with Crippen molar-refractivity contribution in [3.8, 4) is 0 Å². The second-order valence-corrected chi connectivity index (χ2v) is 6.54. The minimum atomic E-state index is -2.73. The van der Waals surface area contributed by atoms with E-state index in [2.05, 4.69) is 20.4 Å². The molecule has 3 heterocycles. The topological polar surface area (TPSA) is 98.2 Å². The minimum absolute atomic E-state index is 0.0463. The van der Waals surface area contributed by atoms with E-state index in [0.717, 1.165) is 22.9 Å². The van der Waals surface area contributed by atoms with E-state index in [9.17, 15) is 13.6 Å². The van der Waals surface area contributed by atoms with Crippen molar-refractivity contribution in [3.05, 3.63) is 41.5 Å². The summed E-state index contributed by atoms with van der Waals surface area (Å²) in [5.74, 6) is 0.324. The van der Waals surface area contributed by atoms with Gasteiger partial charge in [-0.05, 0) is 24.6 Å². The maximum Gasteiger partial charge on any atom is 0.282 e. The molecular weight excluding hydrogens is 350 g/mol. The monoisotopic (exact) mass is 366 g/mol. The number of thioether (sulfide) groups is 1. The zero-order valence-electron chi connectivity index (χ0n) is 13.3. The lowest BCUT2D eigenvalue weighted by atomic mass is 10.1. The first kappa shape index (κ1) is 17.3.